The number of halogens is 3. The van der Waals surface area contributed by atoms with E-state index in [9.17, 15) is 13.2 Å². The summed E-state index contributed by atoms with van der Waals surface area (Å²) < 4.78 is 39.4. The Kier molecular flexibility index (Phi) is 2.69. The van der Waals surface area contributed by atoms with E-state index in [2.05, 4.69) is 5.32 Å². The van der Waals surface area contributed by atoms with Crippen LogP contribution >= 0.6 is 0 Å². The maximum atomic E-state index is 14.0. The largest absolute Gasteiger partial charge is 0.313 e. The summed E-state index contributed by atoms with van der Waals surface area (Å²) in [4.78, 5) is 0. The van der Waals surface area contributed by atoms with Gasteiger partial charge in [-0.25, -0.2) is 13.2 Å². The number of alkyl halides is 1. The molecule has 15 heavy (non-hydrogen) atoms. The van der Waals surface area contributed by atoms with Crippen LogP contribution in [0, 0.1) is 11.6 Å². The van der Waals surface area contributed by atoms with Gasteiger partial charge in [0.2, 0.25) is 0 Å². The second kappa shape index (κ2) is 3.85. The maximum Gasteiger partial charge on any atom is 0.159 e. The van der Waals surface area contributed by atoms with E-state index in [4.69, 9.17) is 0 Å². The van der Waals surface area contributed by atoms with E-state index in [1.54, 1.807) is 0 Å². The van der Waals surface area contributed by atoms with Crippen LogP contribution in [0.25, 0.3) is 0 Å². The molecule has 0 radical (unpaired) electrons. The zero-order valence-corrected chi connectivity index (χ0v) is 8.19. The Labute approximate surface area is 86.3 Å². The van der Waals surface area contributed by atoms with Crippen molar-refractivity contribution < 1.29 is 13.2 Å². The zero-order valence-electron chi connectivity index (χ0n) is 8.19. The van der Waals surface area contributed by atoms with Gasteiger partial charge in [-0.3, -0.25) is 0 Å². The fourth-order valence-corrected chi connectivity index (χ4v) is 1.88. The Morgan fingerprint density at radius 2 is 2.07 bits per heavy atom. The number of hydrogen-bond acceptors (Lipinski definition) is 1. The van der Waals surface area contributed by atoms with Gasteiger partial charge in [0.05, 0.1) is 0 Å². The summed E-state index contributed by atoms with van der Waals surface area (Å²) >= 11 is 0. The predicted molar refractivity (Wildman–Crippen MR) is 51.4 cm³/mol. The van der Waals surface area contributed by atoms with E-state index < -0.39 is 17.3 Å². The third-order valence-electron chi connectivity index (χ3n) is 2.70. The molecule has 2 rings (SSSR count). The average molecular weight is 215 g/mol. The molecule has 0 aliphatic carbocycles. The Morgan fingerprint density at radius 3 is 2.67 bits per heavy atom. The number of hydrogen-bond donors (Lipinski definition) is 1. The van der Waals surface area contributed by atoms with Gasteiger partial charge in [-0.1, -0.05) is 6.07 Å². The topological polar surface area (TPSA) is 12.0 Å². The van der Waals surface area contributed by atoms with E-state index in [1.165, 1.54) is 6.07 Å². The van der Waals surface area contributed by atoms with E-state index in [0.29, 0.717) is 18.5 Å². The lowest BCUT2D eigenvalue weighted by Crippen LogP contribution is -2.28. The van der Waals surface area contributed by atoms with Gasteiger partial charge >= 0.3 is 0 Å². The fraction of sp³-hybridized carbons (Fsp3) is 0.455. The molecule has 1 nitrogen and oxygen atoms in total. The predicted octanol–water partition coefficient (Wildman–Crippen LogP) is 2.21. The van der Waals surface area contributed by atoms with Gasteiger partial charge in [-0.15, -0.1) is 0 Å². The van der Waals surface area contributed by atoms with E-state index in [-0.39, 0.29) is 13.0 Å². The second-order valence-electron chi connectivity index (χ2n) is 4.00. The Bertz CT molecular complexity index is 359. The van der Waals surface area contributed by atoms with Crippen LogP contribution in [0.2, 0.25) is 0 Å². The van der Waals surface area contributed by atoms with Crippen molar-refractivity contribution in [1.29, 1.82) is 0 Å². The van der Waals surface area contributed by atoms with Crippen molar-refractivity contribution in [1.82, 2.24) is 5.32 Å². The molecule has 1 N–H and O–H groups in total. The molecule has 1 saturated heterocycles. The van der Waals surface area contributed by atoms with Gasteiger partial charge < -0.3 is 5.32 Å². The van der Waals surface area contributed by atoms with E-state index in [1.807, 2.05) is 0 Å². The average Bonchev–Trinajstić information content (AvgIpc) is 2.59. The third-order valence-corrected chi connectivity index (χ3v) is 2.70. The summed E-state index contributed by atoms with van der Waals surface area (Å²) in [6.07, 6.45) is 0.559. The van der Waals surface area contributed by atoms with Crippen LogP contribution in [0.3, 0.4) is 0 Å². The molecule has 0 bridgehead atoms. The highest BCUT2D eigenvalue weighted by molar-refractivity contribution is 5.20. The highest BCUT2D eigenvalue weighted by atomic mass is 19.2. The fourth-order valence-electron chi connectivity index (χ4n) is 1.88. The summed E-state index contributed by atoms with van der Waals surface area (Å²) in [6, 6.07) is 3.53. The van der Waals surface area contributed by atoms with Crippen LogP contribution in [0.15, 0.2) is 18.2 Å². The van der Waals surface area contributed by atoms with Gasteiger partial charge in [-0.2, -0.15) is 0 Å². The van der Waals surface area contributed by atoms with Crippen molar-refractivity contribution in [2.45, 2.75) is 18.5 Å². The zero-order chi connectivity index (χ0) is 10.9. The number of benzene rings is 1. The Balaban J connectivity index is 2.13. The molecule has 1 aromatic rings. The molecule has 0 aromatic heterocycles. The molecule has 1 fully saturated rings. The van der Waals surface area contributed by atoms with E-state index in [0.717, 1.165) is 12.1 Å². The summed E-state index contributed by atoms with van der Waals surface area (Å²) in [6.45, 7) is 0.923. The number of rotatable bonds is 2. The molecule has 1 aliphatic rings. The van der Waals surface area contributed by atoms with Crippen LogP contribution in [0.5, 0.6) is 0 Å². The lowest BCUT2D eigenvalue weighted by molar-refractivity contribution is 0.190. The normalized spacial score (nSPS) is 25.8. The van der Waals surface area contributed by atoms with E-state index >= 15 is 0 Å². The first-order valence-corrected chi connectivity index (χ1v) is 4.93. The van der Waals surface area contributed by atoms with Crippen molar-refractivity contribution in [3.8, 4) is 0 Å². The molecular formula is C11H12F3N. The van der Waals surface area contributed by atoms with Crippen molar-refractivity contribution in [2.75, 3.05) is 13.1 Å². The van der Waals surface area contributed by atoms with Gasteiger partial charge in [0.25, 0.3) is 0 Å². The quantitative estimate of drug-likeness (QED) is 0.797. The van der Waals surface area contributed by atoms with Crippen LogP contribution < -0.4 is 5.32 Å². The van der Waals surface area contributed by atoms with Crippen LogP contribution in [0.1, 0.15) is 12.0 Å². The first kappa shape index (κ1) is 10.5. The molecule has 4 heteroatoms. The summed E-state index contributed by atoms with van der Waals surface area (Å²) in [5.74, 6) is -1.81. The second-order valence-corrected chi connectivity index (χ2v) is 4.00. The Morgan fingerprint density at radius 1 is 1.27 bits per heavy atom. The van der Waals surface area contributed by atoms with Gasteiger partial charge in [0.15, 0.2) is 11.6 Å². The smallest absolute Gasteiger partial charge is 0.159 e. The lowest BCUT2D eigenvalue weighted by Gasteiger charge is -2.17. The van der Waals surface area contributed by atoms with Crippen molar-refractivity contribution in [2.24, 2.45) is 0 Å². The van der Waals surface area contributed by atoms with Gasteiger partial charge in [0.1, 0.15) is 5.67 Å². The van der Waals surface area contributed by atoms with Gasteiger partial charge in [-0.05, 0) is 30.7 Å². The molecule has 0 amide bonds. The minimum absolute atomic E-state index is 0.136. The Hall–Kier alpha value is -1.03. The molecule has 0 saturated carbocycles. The molecule has 82 valence electrons. The SMILES string of the molecule is Fc1ccc(CC2(F)CCNC2)cc1F. The third kappa shape index (κ3) is 2.31. The monoisotopic (exact) mass is 215 g/mol. The van der Waals surface area contributed by atoms with Crippen molar-refractivity contribution >= 4 is 0 Å². The molecular weight excluding hydrogens is 203 g/mol. The van der Waals surface area contributed by atoms with Crippen LogP contribution in [-0.2, 0) is 6.42 Å². The molecule has 1 aromatic carbocycles. The molecule has 1 atom stereocenters. The van der Waals surface area contributed by atoms with Crippen molar-refractivity contribution in [3.05, 3.63) is 35.4 Å². The molecule has 0 spiro atoms. The summed E-state index contributed by atoms with van der Waals surface area (Å²) in [7, 11) is 0. The first-order valence-electron chi connectivity index (χ1n) is 4.93. The standard InChI is InChI=1S/C11H12F3N/c12-9-2-1-8(5-10(9)13)6-11(14)3-4-15-7-11/h1-2,5,15H,3-4,6-7H2. The van der Waals surface area contributed by atoms with Crippen LogP contribution in [0.4, 0.5) is 13.2 Å². The summed E-state index contributed by atoms with van der Waals surface area (Å²) in [5.41, 5.74) is -0.815. The number of nitrogens with one attached hydrogen (secondary N) is 1. The molecule has 1 heterocycles. The lowest BCUT2D eigenvalue weighted by atomic mass is 9.95. The van der Waals surface area contributed by atoms with Crippen LogP contribution in [-0.4, -0.2) is 18.8 Å². The molecule has 1 aliphatic heterocycles. The highest BCUT2D eigenvalue weighted by Gasteiger charge is 2.33. The van der Waals surface area contributed by atoms with Crippen molar-refractivity contribution in [3.63, 3.8) is 0 Å². The minimum atomic E-state index is -1.32. The molecule has 1 unspecified atom stereocenters. The summed E-state index contributed by atoms with van der Waals surface area (Å²) in [5, 5.41) is 2.92. The van der Waals surface area contributed by atoms with Gasteiger partial charge in [0, 0.05) is 13.0 Å². The first-order chi connectivity index (χ1) is 7.09. The maximum absolute atomic E-state index is 14.0. The minimum Gasteiger partial charge on any atom is -0.313 e. The highest BCUT2D eigenvalue weighted by Crippen LogP contribution is 2.25.